The maximum Gasteiger partial charge on any atom is 0.134 e. The number of morpholine rings is 1. The molecule has 0 N–H and O–H groups in total. The first kappa shape index (κ1) is 14.5. The van der Waals surface area contributed by atoms with Crippen molar-refractivity contribution in [2.45, 2.75) is 13.8 Å². The average Bonchev–Trinajstić information content (AvgIpc) is 2.55. The molecule has 116 valence electrons. The van der Waals surface area contributed by atoms with Gasteiger partial charge in [-0.1, -0.05) is 6.92 Å². The van der Waals surface area contributed by atoms with Gasteiger partial charge in [0.05, 0.1) is 13.2 Å². The van der Waals surface area contributed by atoms with Crippen LogP contribution in [0.25, 0.3) is 0 Å². The summed E-state index contributed by atoms with van der Waals surface area (Å²) in [6.07, 6.45) is 0. The van der Waals surface area contributed by atoms with Crippen LogP contribution in [0.5, 0.6) is 0 Å². The number of piperazine rings is 1. The van der Waals surface area contributed by atoms with Gasteiger partial charge in [0.15, 0.2) is 0 Å². The number of rotatable bonds is 3. The van der Waals surface area contributed by atoms with Crippen LogP contribution in [0.15, 0.2) is 6.07 Å². The molecule has 1 aromatic heterocycles. The molecule has 2 fully saturated rings. The van der Waals surface area contributed by atoms with Crippen LogP contribution in [0.3, 0.4) is 0 Å². The Morgan fingerprint density at radius 1 is 0.952 bits per heavy atom. The number of aryl methyl sites for hydroxylation is 1. The molecule has 2 aliphatic rings. The van der Waals surface area contributed by atoms with Crippen molar-refractivity contribution in [3.8, 4) is 0 Å². The van der Waals surface area contributed by atoms with Crippen molar-refractivity contribution in [2.75, 3.05) is 68.8 Å². The van der Waals surface area contributed by atoms with E-state index in [0.29, 0.717) is 0 Å². The third kappa shape index (κ3) is 3.44. The molecule has 3 rings (SSSR count). The topological polar surface area (TPSA) is 44.7 Å². The summed E-state index contributed by atoms with van der Waals surface area (Å²) in [7, 11) is 0. The fourth-order valence-corrected chi connectivity index (χ4v) is 2.95. The predicted molar refractivity (Wildman–Crippen MR) is 84.1 cm³/mol. The molecule has 0 amide bonds. The molecule has 2 aliphatic heterocycles. The zero-order chi connectivity index (χ0) is 14.7. The van der Waals surface area contributed by atoms with E-state index < -0.39 is 0 Å². The van der Waals surface area contributed by atoms with E-state index in [1.54, 1.807) is 0 Å². The molecule has 6 nitrogen and oxygen atoms in total. The predicted octanol–water partition coefficient (Wildman–Crippen LogP) is 0.764. The fraction of sp³-hybridized carbons (Fsp3) is 0.733. The van der Waals surface area contributed by atoms with Crippen LogP contribution < -0.4 is 9.80 Å². The molecular weight excluding hydrogens is 266 g/mol. The molecule has 1 aromatic rings. The lowest BCUT2D eigenvalue weighted by Gasteiger charge is -2.35. The largest absolute Gasteiger partial charge is 0.378 e. The Labute approximate surface area is 126 Å². The number of anilines is 2. The minimum absolute atomic E-state index is 0.785. The molecule has 0 aliphatic carbocycles. The van der Waals surface area contributed by atoms with Crippen molar-refractivity contribution in [3.63, 3.8) is 0 Å². The quantitative estimate of drug-likeness (QED) is 0.819. The smallest absolute Gasteiger partial charge is 0.134 e. The number of ether oxygens (including phenoxy) is 1. The molecule has 0 bridgehead atoms. The molecule has 21 heavy (non-hydrogen) atoms. The van der Waals surface area contributed by atoms with Crippen molar-refractivity contribution in [1.82, 2.24) is 14.9 Å². The zero-order valence-electron chi connectivity index (χ0n) is 13.1. The van der Waals surface area contributed by atoms with E-state index in [0.717, 1.165) is 76.5 Å². The SMILES string of the molecule is CCN1CCN(c2cc(N3CCOCC3)nc(C)n2)CC1. The van der Waals surface area contributed by atoms with E-state index in [9.17, 15) is 0 Å². The maximum absolute atomic E-state index is 5.42. The van der Waals surface area contributed by atoms with Crippen molar-refractivity contribution in [2.24, 2.45) is 0 Å². The highest BCUT2D eigenvalue weighted by atomic mass is 16.5. The van der Waals surface area contributed by atoms with Crippen molar-refractivity contribution >= 4 is 11.6 Å². The van der Waals surface area contributed by atoms with E-state index >= 15 is 0 Å². The number of hydrogen-bond donors (Lipinski definition) is 0. The Morgan fingerprint density at radius 3 is 2.10 bits per heavy atom. The molecule has 0 unspecified atom stereocenters. The molecule has 0 aromatic carbocycles. The minimum Gasteiger partial charge on any atom is -0.378 e. The number of nitrogens with zero attached hydrogens (tertiary/aromatic N) is 5. The third-order valence-corrected chi connectivity index (χ3v) is 4.29. The van der Waals surface area contributed by atoms with Crippen molar-refractivity contribution < 1.29 is 4.74 Å². The third-order valence-electron chi connectivity index (χ3n) is 4.29. The van der Waals surface area contributed by atoms with Crippen LogP contribution in [0.2, 0.25) is 0 Å². The Hall–Kier alpha value is -1.40. The lowest BCUT2D eigenvalue weighted by atomic mass is 10.3. The lowest BCUT2D eigenvalue weighted by molar-refractivity contribution is 0.122. The van der Waals surface area contributed by atoms with Gasteiger partial charge in [0.25, 0.3) is 0 Å². The van der Waals surface area contributed by atoms with Crippen LogP contribution in [-0.4, -0.2) is 73.9 Å². The van der Waals surface area contributed by atoms with Crippen molar-refractivity contribution in [3.05, 3.63) is 11.9 Å². The molecule has 0 spiro atoms. The van der Waals surface area contributed by atoms with Crippen molar-refractivity contribution in [1.29, 1.82) is 0 Å². The summed E-state index contributed by atoms with van der Waals surface area (Å²) in [4.78, 5) is 16.4. The Bertz CT molecular complexity index is 467. The fourth-order valence-electron chi connectivity index (χ4n) is 2.95. The van der Waals surface area contributed by atoms with Crippen LogP contribution in [0.1, 0.15) is 12.7 Å². The summed E-state index contributed by atoms with van der Waals surface area (Å²) < 4.78 is 5.42. The number of aromatic nitrogens is 2. The summed E-state index contributed by atoms with van der Waals surface area (Å²) in [6.45, 7) is 13.1. The van der Waals surface area contributed by atoms with E-state index in [4.69, 9.17) is 4.74 Å². The first-order valence-corrected chi connectivity index (χ1v) is 7.92. The Balaban J connectivity index is 1.74. The van der Waals surface area contributed by atoms with E-state index in [1.165, 1.54) is 0 Å². The van der Waals surface area contributed by atoms with Gasteiger partial charge in [0, 0.05) is 45.3 Å². The highest BCUT2D eigenvalue weighted by Crippen LogP contribution is 2.21. The molecule has 3 heterocycles. The molecular formula is C15H25N5O. The van der Waals surface area contributed by atoms with Gasteiger partial charge in [-0.3, -0.25) is 0 Å². The van der Waals surface area contributed by atoms with Crippen LogP contribution in [0, 0.1) is 6.92 Å². The van der Waals surface area contributed by atoms with Gasteiger partial charge in [-0.15, -0.1) is 0 Å². The summed E-state index contributed by atoms with van der Waals surface area (Å²) in [6, 6.07) is 2.14. The van der Waals surface area contributed by atoms with Crippen LogP contribution in [-0.2, 0) is 4.74 Å². The monoisotopic (exact) mass is 291 g/mol. The standard InChI is InChI=1S/C15H25N5O/c1-3-18-4-6-19(7-5-18)14-12-15(17-13(2)16-14)20-8-10-21-11-9-20/h12H,3-11H2,1-2H3. The highest BCUT2D eigenvalue weighted by molar-refractivity contribution is 5.51. The maximum atomic E-state index is 5.42. The Kier molecular flexibility index (Phi) is 4.55. The second-order valence-corrected chi connectivity index (χ2v) is 5.65. The molecule has 0 atom stereocenters. The average molecular weight is 291 g/mol. The molecule has 2 saturated heterocycles. The number of hydrogen-bond acceptors (Lipinski definition) is 6. The van der Waals surface area contributed by atoms with Gasteiger partial charge in [-0.25, -0.2) is 9.97 Å². The minimum atomic E-state index is 0.785. The summed E-state index contributed by atoms with van der Waals surface area (Å²) in [5.41, 5.74) is 0. The summed E-state index contributed by atoms with van der Waals surface area (Å²) in [5, 5.41) is 0. The normalized spacial score (nSPS) is 20.9. The first-order valence-electron chi connectivity index (χ1n) is 7.92. The zero-order valence-corrected chi connectivity index (χ0v) is 13.1. The summed E-state index contributed by atoms with van der Waals surface area (Å²) in [5.74, 6) is 2.96. The van der Waals surface area contributed by atoms with Gasteiger partial charge in [0.1, 0.15) is 17.5 Å². The first-order chi connectivity index (χ1) is 10.3. The second kappa shape index (κ2) is 6.58. The van der Waals surface area contributed by atoms with Crippen LogP contribution in [0.4, 0.5) is 11.6 Å². The van der Waals surface area contributed by atoms with E-state index in [2.05, 4.69) is 37.7 Å². The molecule has 0 saturated carbocycles. The lowest BCUT2D eigenvalue weighted by Crippen LogP contribution is -2.46. The molecule has 6 heteroatoms. The van der Waals surface area contributed by atoms with Gasteiger partial charge >= 0.3 is 0 Å². The number of likely N-dealkylation sites (N-methyl/N-ethyl adjacent to an activating group) is 1. The van der Waals surface area contributed by atoms with E-state index in [-0.39, 0.29) is 0 Å². The van der Waals surface area contributed by atoms with Gasteiger partial charge in [-0.2, -0.15) is 0 Å². The van der Waals surface area contributed by atoms with Gasteiger partial charge in [0.2, 0.25) is 0 Å². The van der Waals surface area contributed by atoms with Crippen LogP contribution >= 0.6 is 0 Å². The van der Waals surface area contributed by atoms with Gasteiger partial charge in [-0.05, 0) is 13.5 Å². The van der Waals surface area contributed by atoms with Gasteiger partial charge < -0.3 is 19.4 Å². The second-order valence-electron chi connectivity index (χ2n) is 5.65. The summed E-state index contributed by atoms with van der Waals surface area (Å²) >= 11 is 0. The Morgan fingerprint density at radius 2 is 1.52 bits per heavy atom. The van der Waals surface area contributed by atoms with E-state index in [1.807, 2.05) is 6.92 Å². The molecule has 0 radical (unpaired) electrons. The highest BCUT2D eigenvalue weighted by Gasteiger charge is 2.20.